The quantitative estimate of drug-likeness (QED) is 0.0237. The number of pyridine rings is 3. The molecule has 74 heavy (non-hydrogen) atoms. The number of aromatic nitrogens is 3. The number of benzene rings is 1. The molecule has 2 aliphatic heterocycles. The lowest BCUT2D eigenvalue weighted by Crippen LogP contribution is -2.54. The number of carbonyl (C=O) groups excluding carboxylic acids is 7. The Morgan fingerprint density at radius 3 is 2.16 bits per heavy atom. The minimum Gasteiger partial charge on any atom is -0.485 e. The van der Waals surface area contributed by atoms with E-state index < -0.39 is 29.7 Å². The van der Waals surface area contributed by atoms with Crippen LogP contribution in [0.25, 0.3) is 10.9 Å². The van der Waals surface area contributed by atoms with Gasteiger partial charge in [-0.2, -0.15) is 0 Å². The predicted molar refractivity (Wildman–Crippen MR) is 275 cm³/mol. The monoisotopic (exact) mass is 1020 g/mol. The molecule has 0 radical (unpaired) electrons. The average Bonchev–Trinajstić information content (AvgIpc) is 4.19. The Hall–Kier alpha value is -6.50. The van der Waals surface area contributed by atoms with E-state index >= 15 is 0 Å². The predicted octanol–water partition coefficient (Wildman–Crippen LogP) is 8.29. The highest BCUT2D eigenvalue weighted by Gasteiger charge is 2.46. The second-order valence-corrected chi connectivity index (χ2v) is 19.9. The second-order valence-electron chi connectivity index (χ2n) is 19.9. The number of amides is 4. The summed E-state index contributed by atoms with van der Waals surface area (Å²) < 4.78 is 22.7. The normalized spacial score (nSPS) is 18.6. The summed E-state index contributed by atoms with van der Waals surface area (Å²) in [5.41, 5.74) is 2.40. The number of nitrogens with zero attached hydrogens (tertiary/aromatic N) is 4. The van der Waals surface area contributed by atoms with E-state index in [0.717, 1.165) is 105 Å². The lowest BCUT2D eigenvalue weighted by atomic mass is 9.77. The smallest absolute Gasteiger partial charge is 0.266 e. The first-order valence-electron chi connectivity index (χ1n) is 26.6. The number of unbranched alkanes of at least 4 members (excludes halogenated alkanes) is 6. The van der Waals surface area contributed by atoms with Crippen LogP contribution >= 0.6 is 0 Å². The second kappa shape index (κ2) is 27.2. The first-order chi connectivity index (χ1) is 36.1. The van der Waals surface area contributed by atoms with Crippen molar-refractivity contribution in [2.24, 2.45) is 11.8 Å². The Kier molecular flexibility index (Phi) is 19.7. The molecule has 3 N–H and O–H groups in total. The van der Waals surface area contributed by atoms with Crippen LogP contribution in [0, 0.1) is 11.8 Å². The molecule has 2 aliphatic carbocycles. The molecule has 1 unspecified atom stereocenters. The number of fused-ring (bicyclic) bond motifs is 2. The van der Waals surface area contributed by atoms with Gasteiger partial charge < -0.3 is 29.6 Å². The van der Waals surface area contributed by atoms with Crippen LogP contribution in [-0.4, -0.2) is 119 Å². The molecule has 5 heterocycles. The minimum atomic E-state index is -1.08. The Morgan fingerprint density at radius 1 is 0.716 bits per heavy atom. The van der Waals surface area contributed by atoms with Crippen molar-refractivity contribution in [1.82, 2.24) is 25.2 Å². The number of anilines is 3. The standard InChI is InChI=1S/C56H69N7O11/c64-41(36-74-49-13-9-11-42-53(49)56(70)63(55(42)69)46-21-23-52(67)62-54(46)68)10-5-1-3-7-26-71-28-30-73-31-29-72-27-8-4-2-6-12-47(65)38-16-14-37(15-17-38)32-48(66)43-35-58-51(33-45(43)59-40-19-20-40)61-50-22-18-39-34-57-25-24-44(39)60-50/h9,11,13,18,22,24-25,33-35,37-38,40,46H,1-8,10,12,14-17,19-21,23,26-32,36H2,(H,62,67,68)(H2,58,59,60,61). The lowest BCUT2D eigenvalue weighted by molar-refractivity contribution is -0.136. The van der Waals surface area contributed by atoms with Gasteiger partial charge in [-0.05, 0) is 107 Å². The third-order valence-corrected chi connectivity index (χ3v) is 14.2. The van der Waals surface area contributed by atoms with Crippen molar-refractivity contribution in [2.45, 2.75) is 134 Å². The summed E-state index contributed by atoms with van der Waals surface area (Å²) in [5.74, 6) is -0.335. The summed E-state index contributed by atoms with van der Waals surface area (Å²) in [6, 6.07) is 11.5. The van der Waals surface area contributed by atoms with Crippen LogP contribution < -0.4 is 20.7 Å². The van der Waals surface area contributed by atoms with Gasteiger partial charge in [0.05, 0.1) is 54.3 Å². The molecule has 3 fully saturated rings. The van der Waals surface area contributed by atoms with Crippen LogP contribution in [0.4, 0.5) is 17.3 Å². The van der Waals surface area contributed by atoms with E-state index in [4.69, 9.17) is 18.9 Å². The first-order valence-corrected chi connectivity index (χ1v) is 26.6. The van der Waals surface area contributed by atoms with E-state index in [-0.39, 0.29) is 59.7 Å². The van der Waals surface area contributed by atoms with Gasteiger partial charge >= 0.3 is 0 Å². The van der Waals surface area contributed by atoms with E-state index in [1.807, 2.05) is 24.3 Å². The van der Waals surface area contributed by atoms with Crippen molar-refractivity contribution in [1.29, 1.82) is 0 Å². The van der Waals surface area contributed by atoms with Crippen LogP contribution in [0.15, 0.2) is 61.1 Å². The zero-order chi connectivity index (χ0) is 51.7. The zero-order valence-electron chi connectivity index (χ0n) is 42.2. The van der Waals surface area contributed by atoms with E-state index in [1.54, 1.807) is 24.7 Å². The van der Waals surface area contributed by atoms with Crippen molar-refractivity contribution >= 4 is 69.2 Å². The number of imide groups is 2. The molecule has 4 aromatic rings. The molecule has 18 nitrogen and oxygen atoms in total. The van der Waals surface area contributed by atoms with Gasteiger partial charge in [-0.25, -0.2) is 9.97 Å². The summed E-state index contributed by atoms with van der Waals surface area (Å²) in [6.07, 6.45) is 19.5. The van der Waals surface area contributed by atoms with Gasteiger partial charge in [0.15, 0.2) is 11.6 Å². The molecule has 8 rings (SSSR count). The molecule has 394 valence electrons. The molecule has 2 saturated carbocycles. The molecule has 0 bridgehead atoms. The van der Waals surface area contributed by atoms with Crippen LogP contribution in [0.2, 0.25) is 0 Å². The molecule has 1 aromatic carbocycles. The van der Waals surface area contributed by atoms with E-state index in [0.29, 0.717) is 94.3 Å². The number of Topliss-reactive ketones (excluding diaryl/α,β-unsaturated/α-hetero) is 3. The number of piperidine rings is 1. The van der Waals surface area contributed by atoms with E-state index in [2.05, 4.69) is 30.9 Å². The summed E-state index contributed by atoms with van der Waals surface area (Å²) in [6.45, 7) is 3.02. The van der Waals surface area contributed by atoms with Gasteiger partial charge in [-0.15, -0.1) is 0 Å². The fourth-order valence-corrected chi connectivity index (χ4v) is 9.86. The van der Waals surface area contributed by atoms with Gasteiger partial charge in [-0.1, -0.05) is 31.7 Å². The maximum absolute atomic E-state index is 13.6. The van der Waals surface area contributed by atoms with Gasteiger partial charge in [-0.3, -0.25) is 48.8 Å². The largest absolute Gasteiger partial charge is 0.485 e. The number of rotatable bonds is 32. The van der Waals surface area contributed by atoms with Gasteiger partial charge in [0.2, 0.25) is 11.8 Å². The summed E-state index contributed by atoms with van der Waals surface area (Å²) >= 11 is 0. The van der Waals surface area contributed by atoms with Crippen LogP contribution in [0.3, 0.4) is 0 Å². The molecule has 3 aromatic heterocycles. The van der Waals surface area contributed by atoms with Crippen molar-refractivity contribution < 1.29 is 52.5 Å². The lowest BCUT2D eigenvalue weighted by Gasteiger charge is -2.27. The van der Waals surface area contributed by atoms with Crippen molar-refractivity contribution in [3.63, 3.8) is 0 Å². The molecule has 4 aliphatic rings. The van der Waals surface area contributed by atoms with Crippen molar-refractivity contribution in [3.05, 3.63) is 77.7 Å². The maximum atomic E-state index is 13.6. The fraction of sp³-hybridized carbons (Fsp3) is 0.536. The van der Waals surface area contributed by atoms with Gasteiger partial charge in [0.25, 0.3) is 11.8 Å². The van der Waals surface area contributed by atoms with Crippen LogP contribution in [-0.2, 0) is 33.4 Å². The molecule has 1 saturated heterocycles. The minimum absolute atomic E-state index is 0.0229. The van der Waals surface area contributed by atoms with Gasteiger partial charge in [0, 0.05) is 80.9 Å². The molecular formula is C56H69N7O11. The first kappa shape index (κ1) is 53.8. The van der Waals surface area contributed by atoms with Crippen molar-refractivity contribution in [2.75, 3.05) is 56.9 Å². The zero-order valence-corrected chi connectivity index (χ0v) is 42.2. The Labute approximate surface area is 431 Å². The molecule has 18 heteroatoms. The Balaban J connectivity index is 0.586. The highest BCUT2D eigenvalue weighted by molar-refractivity contribution is 6.24. The van der Waals surface area contributed by atoms with Crippen LogP contribution in [0.5, 0.6) is 5.75 Å². The molecule has 1 atom stereocenters. The number of nitrogens with one attached hydrogen (secondary N) is 3. The third kappa shape index (κ3) is 15.3. The van der Waals surface area contributed by atoms with E-state index in [1.165, 1.54) is 12.1 Å². The summed E-state index contributed by atoms with van der Waals surface area (Å²) in [5, 5.41) is 9.97. The van der Waals surface area contributed by atoms with Gasteiger partial charge in [0.1, 0.15) is 35.8 Å². The number of carbonyl (C=O) groups is 7. The Morgan fingerprint density at radius 2 is 1.43 bits per heavy atom. The molecule has 0 spiro atoms. The number of ether oxygens (including phenoxy) is 4. The SMILES string of the molecule is O=C(CCCCCCOCCOCCOCCCCCCC(=O)C1CCC(CC(=O)c2cnc(Nc3ccc4cnccc4n3)cc2NC2CC2)CC1)COc1cccc2c1C(=O)N(C1CCC(=O)NC1=O)C2=O. The summed E-state index contributed by atoms with van der Waals surface area (Å²) in [7, 11) is 0. The number of hydrogen-bond acceptors (Lipinski definition) is 16. The number of hydrogen-bond donors (Lipinski definition) is 3. The molecular weight excluding hydrogens is 947 g/mol. The summed E-state index contributed by atoms with van der Waals surface area (Å²) in [4.78, 5) is 104. The highest BCUT2D eigenvalue weighted by atomic mass is 16.5. The fourth-order valence-electron chi connectivity index (χ4n) is 9.86. The highest BCUT2D eigenvalue weighted by Crippen LogP contribution is 2.36. The third-order valence-electron chi connectivity index (χ3n) is 14.2. The molecule has 4 amide bonds. The average molecular weight is 1020 g/mol. The van der Waals surface area contributed by atoms with Crippen LogP contribution in [0.1, 0.15) is 153 Å². The van der Waals surface area contributed by atoms with E-state index in [9.17, 15) is 33.6 Å². The maximum Gasteiger partial charge on any atom is 0.266 e. The van der Waals surface area contributed by atoms with Crippen molar-refractivity contribution in [3.8, 4) is 5.75 Å². The Bertz CT molecular complexity index is 2630. The topological polar surface area (TPSA) is 234 Å². The number of ketones is 3.